The number of hydrogen-bond acceptors (Lipinski definition) is 5. The van der Waals surface area contributed by atoms with Gasteiger partial charge >= 0.3 is 0 Å². The molecule has 31 heavy (non-hydrogen) atoms. The number of rotatable bonds is 5. The van der Waals surface area contributed by atoms with Gasteiger partial charge in [0.2, 0.25) is 15.9 Å². The molecule has 0 aromatic heterocycles. The van der Waals surface area contributed by atoms with Gasteiger partial charge in [0.25, 0.3) is 5.69 Å². The summed E-state index contributed by atoms with van der Waals surface area (Å²) in [5.41, 5.74) is 3.85. The Morgan fingerprint density at radius 1 is 1.03 bits per heavy atom. The summed E-state index contributed by atoms with van der Waals surface area (Å²) < 4.78 is 28.2. The first-order valence-electron chi connectivity index (χ1n) is 10.1. The van der Waals surface area contributed by atoms with Crippen molar-refractivity contribution in [3.05, 3.63) is 62.7 Å². The molecule has 1 amide bonds. The maximum atomic E-state index is 13.4. The molecule has 0 unspecified atom stereocenters. The van der Waals surface area contributed by atoms with Crippen molar-refractivity contribution in [2.24, 2.45) is 5.92 Å². The molecule has 1 aliphatic rings. The van der Waals surface area contributed by atoms with Gasteiger partial charge < -0.3 is 5.32 Å². The maximum absolute atomic E-state index is 13.4. The second-order valence-electron chi connectivity index (χ2n) is 8.06. The number of anilines is 1. The average molecular weight is 446 g/mol. The van der Waals surface area contributed by atoms with E-state index < -0.39 is 14.9 Å². The fourth-order valence-electron chi connectivity index (χ4n) is 3.97. The van der Waals surface area contributed by atoms with Crippen LogP contribution in [0.3, 0.4) is 0 Å². The van der Waals surface area contributed by atoms with Crippen LogP contribution in [0.2, 0.25) is 0 Å². The predicted molar refractivity (Wildman–Crippen MR) is 119 cm³/mol. The van der Waals surface area contributed by atoms with Crippen molar-refractivity contribution in [2.75, 3.05) is 18.4 Å². The van der Waals surface area contributed by atoms with Gasteiger partial charge in [0, 0.05) is 36.8 Å². The average Bonchev–Trinajstić information content (AvgIpc) is 2.73. The highest BCUT2D eigenvalue weighted by atomic mass is 32.2. The van der Waals surface area contributed by atoms with E-state index in [0.29, 0.717) is 23.4 Å². The molecule has 0 radical (unpaired) electrons. The molecule has 8 nitrogen and oxygen atoms in total. The molecule has 3 rings (SSSR count). The second kappa shape index (κ2) is 8.76. The zero-order valence-electron chi connectivity index (χ0n) is 18.1. The van der Waals surface area contributed by atoms with Crippen LogP contribution < -0.4 is 5.32 Å². The fourth-order valence-corrected chi connectivity index (χ4v) is 6.01. The number of carbonyl (C=O) groups is 1. The standard InChI is InChI=1S/C22H27N3O5S/c1-14-13-15(2)17(4)21(16(14)3)31(29,30)24-11-9-18(10-12-24)22(26)23-19-5-7-20(8-6-19)25(27)28/h5-8,13,18H,9-12H2,1-4H3,(H,23,26). The zero-order valence-corrected chi connectivity index (χ0v) is 19.0. The molecule has 1 N–H and O–H groups in total. The minimum absolute atomic E-state index is 0.0477. The van der Waals surface area contributed by atoms with Gasteiger partial charge in [-0.25, -0.2) is 8.42 Å². The van der Waals surface area contributed by atoms with Gasteiger partial charge in [-0.1, -0.05) is 6.07 Å². The van der Waals surface area contributed by atoms with Crippen LogP contribution in [0.25, 0.3) is 0 Å². The number of carbonyl (C=O) groups excluding carboxylic acids is 1. The highest BCUT2D eigenvalue weighted by molar-refractivity contribution is 7.89. The van der Waals surface area contributed by atoms with Gasteiger partial charge in [0.15, 0.2) is 0 Å². The van der Waals surface area contributed by atoms with Crippen LogP contribution in [-0.2, 0) is 14.8 Å². The summed E-state index contributed by atoms with van der Waals surface area (Å²) >= 11 is 0. The summed E-state index contributed by atoms with van der Waals surface area (Å²) in [6, 6.07) is 7.64. The molecular formula is C22H27N3O5S. The van der Waals surface area contributed by atoms with Gasteiger partial charge in [0.05, 0.1) is 9.82 Å². The number of benzene rings is 2. The van der Waals surface area contributed by atoms with E-state index in [4.69, 9.17) is 0 Å². The number of nitro benzene ring substituents is 1. The molecule has 2 aromatic rings. The van der Waals surface area contributed by atoms with Crippen LogP contribution in [0.5, 0.6) is 0 Å². The number of aryl methyl sites for hydroxylation is 2. The number of hydrogen-bond donors (Lipinski definition) is 1. The molecule has 2 aromatic carbocycles. The van der Waals surface area contributed by atoms with E-state index in [2.05, 4.69) is 5.32 Å². The highest BCUT2D eigenvalue weighted by Gasteiger charge is 2.34. The number of nitrogens with zero attached hydrogens (tertiary/aromatic N) is 2. The van der Waals surface area contributed by atoms with E-state index in [-0.39, 0.29) is 30.6 Å². The third-order valence-electron chi connectivity index (χ3n) is 6.07. The largest absolute Gasteiger partial charge is 0.326 e. The lowest BCUT2D eigenvalue weighted by Gasteiger charge is -2.31. The second-order valence-corrected chi connectivity index (χ2v) is 9.94. The predicted octanol–water partition coefficient (Wildman–Crippen LogP) is 3.87. The first-order chi connectivity index (χ1) is 14.5. The third-order valence-corrected chi connectivity index (χ3v) is 8.24. The number of nitro groups is 1. The Bertz CT molecular complexity index is 1090. The Balaban J connectivity index is 1.69. The Kier molecular flexibility index (Phi) is 6.47. The number of sulfonamides is 1. The van der Waals surface area contributed by atoms with E-state index >= 15 is 0 Å². The highest BCUT2D eigenvalue weighted by Crippen LogP contribution is 2.31. The van der Waals surface area contributed by atoms with E-state index in [9.17, 15) is 23.3 Å². The van der Waals surface area contributed by atoms with Crippen LogP contribution in [0.15, 0.2) is 35.2 Å². The van der Waals surface area contributed by atoms with E-state index in [1.54, 1.807) is 0 Å². The SMILES string of the molecule is Cc1cc(C)c(C)c(S(=O)(=O)N2CCC(C(=O)Nc3ccc([N+](=O)[O-])cc3)CC2)c1C. The van der Waals surface area contributed by atoms with E-state index in [1.165, 1.54) is 28.6 Å². The van der Waals surface area contributed by atoms with Crippen LogP contribution >= 0.6 is 0 Å². The fraction of sp³-hybridized carbons (Fsp3) is 0.409. The number of non-ortho nitro benzene ring substituents is 1. The summed E-state index contributed by atoms with van der Waals surface area (Å²) in [5.74, 6) is -0.521. The molecule has 1 saturated heterocycles. The van der Waals surface area contributed by atoms with Crippen molar-refractivity contribution in [3.8, 4) is 0 Å². The summed E-state index contributed by atoms with van der Waals surface area (Å²) in [4.78, 5) is 23.2. The molecule has 0 saturated carbocycles. The lowest BCUT2D eigenvalue weighted by molar-refractivity contribution is -0.384. The van der Waals surface area contributed by atoms with Crippen molar-refractivity contribution in [1.82, 2.24) is 4.31 Å². The van der Waals surface area contributed by atoms with E-state index in [0.717, 1.165) is 22.3 Å². The molecule has 0 spiro atoms. The van der Waals surface area contributed by atoms with Gasteiger partial charge in [-0.05, 0) is 74.9 Å². The van der Waals surface area contributed by atoms with Crippen LogP contribution in [0, 0.1) is 43.7 Å². The molecule has 9 heteroatoms. The maximum Gasteiger partial charge on any atom is 0.269 e. The lowest BCUT2D eigenvalue weighted by Crippen LogP contribution is -2.41. The van der Waals surface area contributed by atoms with Crippen molar-refractivity contribution >= 4 is 27.3 Å². The number of amides is 1. The summed E-state index contributed by atoms with van der Waals surface area (Å²) in [6.45, 7) is 8.03. The van der Waals surface area contributed by atoms with Crippen LogP contribution in [-0.4, -0.2) is 36.6 Å². The summed E-state index contributed by atoms with van der Waals surface area (Å²) in [7, 11) is -3.65. The smallest absolute Gasteiger partial charge is 0.269 e. The quantitative estimate of drug-likeness (QED) is 0.555. The van der Waals surface area contributed by atoms with Crippen molar-refractivity contribution in [2.45, 2.75) is 45.4 Å². The first-order valence-corrected chi connectivity index (χ1v) is 11.6. The van der Waals surface area contributed by atoms with Gasteiger partial charge in [-0.15, -0.1) is 0 Å². The molecule has 0 atom stereocenters. The van der Waals surface area contributed by atoms with Crippen LogP contribution in [0.1, 0.15) is 35.1 Å². The van der Waals surface area contributed by atoms with Gasteiger partial charge in [-0.2, -0.15) is 4.31 Å². The minimum atomic E-state index is -3.65. The molecule has 0 bridgehead atoms. The Morgan fingerprint density at radius 3 is 2.03 bits per heavy atom. The molecule has 1 heterocycles. The van der Waals surface area contributed by atoms with Crippen molar-refractivity contribution < 1.29 is 18.1 Å². The Morgan fingerprint density at radius 2 is 1.55 bits per heavy atom. The Hall–Kier alpha value is -2.78. The molecular weight excluding hydrogens is 418 g/mol. The number of nitrogens with one attached hydrogen (secondary N) is 1. The summed E-state index contributed by atoms with van der Waals surface area (Å²) in [6.07, 6.45) is 0.835. The molecule has 166 valence electrons. The van der Waals surface area contributed by atoms with Gasteiger partial charge in [-0.3, -0.25) is 14.9 Å². The van der Waals surface area contributed by atoms with Crippen LogP contribution in [0.4, 0.5) is 11.4 Å². The minimum Gasteiger partial charge on any atom is -0.326 e. The zero-order chi connectivity index (χ0) is 22.9. The summed E-state index contributed by atoms with van der Waals surface area (Å²) in [5, 5.41) is 13.5. The lowest BCUT2D eigenvalue weighted by atomic mass is 9.97. The molecule has 1 fully saturated rings. The number of piperidine rings is 1. The topological polar surface area (TPSA) is 110 Å². The molecule has 0 aliphatic carbocycles. The molecule has 1 aliphatic heterocycles. The van der Waals surface area contributed by atoms with Crippen molar-refractivity contribution in [3.63, 3.8) is 0 Å². The van der Waals surface area contributed by atoms with Crippen molar-refractivity contribution in [1.29, 1.82) is 0 Å². The normalized spacial score (nSPS) is 15.6. The first kappa shape index (κ1) is 22.9. The third kappa shape index (κ3) is 4.62. The van der Waals surface area contributed by atoms with E-state index in [1.807, 2.05) is 33.8 Å². The monoisotopic (exact) mass is 445 g/mol. The van der Waals surface area contributed by atoms with Gasteiger partial charge in [0.1, 0.15) is 0 Å². The Labute approximate surface area is 182 Å².